The minimum Gasteiger partial charge on any atom is -0.494 e. The highest BCUT2D eigenvalue weighted by Crippen LogP contribution is 2.25. The van der Waals surface area contributed by atoms with Crippen LogP contribution >= 0.6 is 23.4 Å². The summed E-state index contributed by atoms with van der Waals surface area (Å²) in [5, 5.41) is 12.7. The van der Waals surface area contributed by atoms with E-state index in [0.29, 0.717) is 41.5 Å². The maximum atomic E-state index is 12.2. The zero-order valence-electron chi connectivity index (χ0n) is 18.6. The number of hydrogen-bond donors (Lipinski definition) is 1. The third-order valence-electron chi connectivity index (χ3n) is 4.47. The van der Waals surface area contributed by atoms with E-state index in [1.54, 1.807) is 19.2 Å². The van der Waals surface area contributed by atoms with Gasteiger partial charge in [0.15, 0.2) is 11.0 Å². The van der Waals surface area contributed by atoms with Crippen molar-refractivity contribution in [2.75, 3.05) is 32.6 Å². The minimum absolute atomic E-state index is 0.0750. The van der Waals surface area contributed by atoms with E-state index in [1.807, 2.05) is 47.9 Å². The number of methoxy groups -OCH3 is 1. The van der Waals surface area contributed by atoms with Gasteiger partial charge in [-0.3, -0.25) is 9.36 Å². The van der Waals surface area contributed by atoms with Gasteiger partial charge < -0.3 is 19.5 Å². The van der Waals surface area contributed by atoms with Crippen LogP contribution in [0.25, 0.3) is 5.69 Å². The monoisotopic (exact) mass is 490 g/mol. The lowest BCUT2D eigenvalue weighted by molar-refractivity contribution is -0.118. The molecule has 0 saturated carbocycles. The van der Waals surface area contributed by atoms with Crippen molar-refractivity contribution in [1.82, 2.24) is 20.1 Å². The van der Waals surface area contributed by atoms with Gasteiger partial charge >= 0.3 is 0 Å². The van der Waals surface area contributed by atoms with Gasteiger partial charge in [0.1, 0.15) is 18.1 Å². The minimum atomic E-state index is -0.0750. The topological polar surface area (TPSA) is 87.5 Å². The number of amides is 1. The van der Waals surface area contributed by atoms with Crippen LogP contribution < -0.4 is 14.8 Å². The first-order chi connectivity index (χ1) is 16.1. The predicted octanol–water partition coefficient (Wildman–Crippen LogP) is 4.14. The number of carbonyl (C=O) groups is 1. The number of rotatable bonds is 13. The van der Waals surface area contributed by atoms with Gasteiger partial charge in [-0.25, -0.2) is 0 Å². The SMILES string of the molecule is CCOc1ccc(OCc2nnc(SCC(=O)NCCCOC)n2-c2ccc(Cl)cc2)cc1. The molecule has 0 aliphatic heterocycles. The van der Waals surface area contributed by atoms with Gasteiger partial charge in [0, 0.05) is 31.0 Å². The Hall–Kier alpha value is -2.75. The molecule has 0 bridgehead atoms. The van der Waals surface area contributed by atoms with Crippen LogP contribution in [0.5, 0.6) is 11.5 Å². The fourth-order valence-electron chi connectivity index (χ4n) is 2.91. The maximum absolute atomic E-state index is 12.2. The van der Waals surface area contributed by atoms with Crippen molar-refractivity contribution < 1.29 is 19.0 Å². The molecule has 3 rings (SSSR count). The summed E-state index contributed by atoms with van der Waals surface area (Å²) in [7, 11) is 1.64. The number of aromatic nitrogens is 3. The van der Waals surface area contributed by atoms with Crippen molar-refractivity contribution in [3.05, 3.63) is 59.4 Å². The molecule has 1 heterocycles. The Balaban J connectivity index is 1.70. The van der Waals surface area contributed by atoms with Gasteiger partial charge in [-0.2, -0.15) is 0 Å². The molecule has 8 nitrogen and oxygen atoms in total. The molecule has 0 spiro atoms. The third kappa shape index (κ3) is 7.66. The standard InChI is InChI=1S/C23H27ClN4O4S/c1-3-31-19-9-11-20(12-10-19)32-15-21-26-27-23(28(21)18-7-5-17(24)6-8-18)33-16-22(29)25-13-4-14-30-2/h5-12H,3-4,13-16H2,1-2H3,(H,25,29). The fourth-order valence-corrected chi connectivity index (χ4v) is 3.84. The Kier molecular flexibility index (Phi) is 9.86. The van der Waals surface area contributed by atoms with E-state index in [4.69, 9.17) is 25.8 Å². The van der Waals surface area contributed by atoms with Gasteiger partial charge in [-0.05, 0) is 61.9 Å². The number of ether oxygens (including phenoxy) is 3. The quantitative estimate of drug-likeness (QED) is 0.284. The van der Waals surface area contributed by atoms with Crippen LogP contribution in [0.3, 0.4) is 0 Å². The lowest BCUT2D eigenvalue weighted by Crippen LogP contribution is -2.27. The molecule has 0 unspecified atom stereocenters. The summed E-state index contributed by atoms with van der Waals surface area (Å²) < 4.78 is 18.2. The molecule has 10 heteroatoms. The van der Waals surface area contributed by atoms with Crippen LogP contribution in [0.4, 0.5) is 0 Å². The van der Waals surface area contributed by atoms with E-state index < -0.39 is 0 Å². The first-order valence-electron chi connectivity index (χ1n) is 10.5. The van der Waals surface area contributed by atoms with E-state index in [0.717, 1.165) is 17.9 Å². The van der Waals surface area contributed by atoms with Gasteiger partial charge in [-0.1, -0.05) is 23.4 Å². The molecule has 1 N–H and O–H groups in total. The number of halogens is 1. The van der Waals surface area contributed by atoms with Crippen molar-refractivity contribution in [2.45, 2.75) is 25.1 Å². The molecular formula is C23H27ClN4O4S. The molecule has 1 amide bonds. The van der Waals surface area contributed by atoms with E-state index in [2.05, 4.69) is 15.5 Å². The Labute approximate surface area is 202 Å². The molecule has 0 aliphatic rings. The summed E-state index contributed by atoms with van der Waals surface area (Å²) in [4.78, 5) is 12.2. The molecule has 0 saturated heterocycles. The van der Waals surface area contributed by atoms with Crippen molar-refractivity contribution in [1.29, 1.82) is 0 Å². The van der Waals surface area contributed by atoms with Crippen molar-refractivity contribution in [3.8, 4) is 17.2 Å². The second kappa shape index (κ2) is 13.1. The Morgan fingerprint density at radius 2 is 1.76 bits per heavy atom. The van der Waals surface area contributed by atoms with E-state index in [9.17, 15) is 4.79 Å². The summed E-state index contributed by atoms with van der Waals surface area (Å²) in [5.41, 5.74) is 0.831. The van der Waals surface area contributed by atoms with Crippen LogP contribution in [0.1, 0.15) is 19.2 Å². The first-order valence-corrected chi connectivity index (χ1v) is 11.9. The number of nitrogens with zero attached hydrogens (tertiary/aromatic N) is 3. The molecule has 176 valence electrons. The molecular weight excluding hydrogens is 464 g/mol. The summed E-state index contributed by atoms with van der Waals surface area (Å²) in [6.07, 6.45) is 0.765. The predicted molar refractivity (Wildman–Crippen MR) is 129 cm³/mol. The molecule has 0 aliphatic carbocycles. The van der Waals surface area contributed by atoms with E-state index in [1.165, 1.54) is 11.8 Å². The average Bonchev–Trinajstić information content (AvgIpc) is 3.23. The molecule has 33 heavy (non-hydrogen) atoms. The van der Waals surface area contributed by atoms with Gasteiger partial charge in [0.2, 0.25) is 5.91 Å². The van der Waals surface area contributed by atoms with Crippen molar-refractivity contribution in [2.24, 2.45) is 0 Å². The maximum Gasteiger partial charge on any atom is 0.230 e. The third-order valence-corrected chi connectivity index (χ3v) is 5.65. The van der Waals surface area contributed by atoms with Crippen LogP contribution in [0, 0.1) is 0 Å². The van der Waals surface area contributed by atoms with Crippen LogP contribution in [0.15, 0.2) is 53.7 Å². The number of nitrogens with one attached hydrogen (secondary N) is 1. The lowest BCUT2D eigenvalue weighted by Gasteiger charge is -2.12. The highest BCUT2D eigenvalue weighted by Gasteiger charge is 2.16. The summed E-state index contributed by atoms with van der Waals surface area (Å²) in [5.74, 6) is 2.23. The van der Waals surface area contributed by atoms with Crippen LogP contribution in [0.2, 0.25) is 5.02 Å². The molecule has 2 aromatic carbocycles. The fraction of sp³-hybridized carbons (Fsp3) is 0.348. The zero-order chi connectivity index (χ0) is 23.5. The van der Waals surface area contributed by atoms with Gasteiger partial charge in [0.05, 0.1) is 12.4 Å². The Bertz CT molecular complexity index is 1010. The number of carbonyl (C=O) groups excluding carboxylic acids is 1. The number of thioether (sulfide) groups is 1. The summed E-state index contributed by atoms with van der Waals surface area (Å²) >= 11 is 7.37. The van der Waals surface area contributed by atoms with Crippen LogP contribution in [-0.2, 0) is 16.1 Å². The molecule has 0 atom stereocenters. The molecule has 0 radical (unpaired) electrons. The van der Waals surface area contributed by atoms with Gasteiger partial charge in [0.25, 0.3) is 0 Å². The van der Waals surface area contributed by atoms with Crippen LogP contribution in [-0.4, -0.2) is 53.3 Å². The molecule has 3 aromatic rings. The lowest BCUT2D eigenvalue weighted by atomic mass is 10.3. The highest BCUT2D eigenvalue weighted by molar-refractivity contribution is 7.99. The zero-order valence-corrected chi connectivity index (χ0v) is 20.2. The largest absolute Gasteiger partial charge is 0.494 e. The molecule has 0 fully saturated rings. The second-order valence-electron chi connectivity index (χ2n) is 6.89. The second-order valence-corrected chi connectivity index (χ2v) is 8.27. The van der Waals surface area contributed by atoms with Gasteiger partial charge in [-0.15, -0.1) is 10.2 Å². The summed E-state index contributed by atoms with van der Waals surface area (Å²) in [6.45, 7) is 3.92. The van der Waals surface area contributed by atoms with Crippen molar-refractivity contribution >= 4 is 29.3 Å². The summed E-state index contributed by atoms with van der Waals surface area (Å²) in [6, 6.07) is 14.7. The van der Waals surface area contributed by atoms with E-state index in [-0.39, 0.29) is 18.3 Å². The number of benzene rings is 2. The smallest absolute Gasteiger partial charge is 0.230 e. The highest BCUT2D eigenvalue weighted by atomic mass is 35.5. The van der Waals surface area contributed by atoms with Crippen molar-refractivity contribution in [3.63, 3.8) is 0 Å². The Morgan fingerprint density at radius 1 is 1.06 bits per heavy atom. The average molecular weight is 491 g/mol. The Morgan fingerprint density at radius 3 is 2.42 bits per heavy atom. The first kappa shape index (κ1) is 24.9. The normalized spacial score (nSPS) is 10.8. The van der Waals surface area contributed by atoms with E-state index >= 15 is 0 Å². The number of hydrogen-bond acceptors (Lipinski definition) is 7. The molecule has 1 aromatic heterocycles.